The van der Waals surface area contributed by atoms with Crippen LogP contribution in [0.3, 0.4) is 0 Å². The Balaban J connectivity index is 3.23. The maximum Gasteiger partial charge on any atom is 0.419 e. The molecule has 1 N–H and O–H groups in total. The first-order chi connectivity index (χ1) is 6.88. The molecular formula is C9H7ClF4O. The molecule has 1 nitrogen and oxygen atoms in total. The molecule has 1 rings (SSSR count). The van der Waals surface area contributed by atoms with Crippen molar-refractivity contribution in [3.63, 3.8) is 0 Å². The van der Waals surface area contributed by atoms with Crippen molar-refractivity contribution in [1.29, 1.82) is 0 Å². The standard InChI is InChI=1S/C9H7ClF4O/c10-4-7(15)5-2-1-3-6(8(5)11)9(12,13)14/h1-3,7,15H,4H2/t7-/m0/s1. The van der Waals surface area contributed by atoms with Crippen LogP contribution in [0.2, 0.25) is 0 Å². The summed E-state index contributed by atoms with van der Waals surface area (Å²) in [4.78, 5) is 0. The molecule has 0 unspecified atom stereocenters. The van der Waals surface area contributed by atoms with Gasteiger partial charge in [-0.1, -0.05) is 12.1 Å². The molecule has 15 heavy (non-hydrogen) atoms. The van der Waals surface area contributed by atoms with Gasteiger partial charge in [0.2, 0.25) is 0 Å². The number of halogens is 5. The average molecular weight is 243 g/mol. The zero-order chi connectivity index (χ0) is 11.6. The number of alkyl halides is 4. The van der Waals surface area contributed by atoms with E-state index in [9.17, 15) is 17.6 Å². The maximum absolute atomic E-state index is 13.3. The summed E-state index contributed by atoms with van der Waals surface area (Å²) in [5.74, 6) is -1.84. The number of hydrogen-bond acceptors (Lipinski definition) is 1. The van der Waals surface area contributed by atoms with E-state index in [1.807, 2.05) is 0 Å². The number of hydrogen-bond donors (Lipinski definition) is 1. The van der Waals surface area contributed by atoms with Gasteiger partial charge in [-0.15, -0.1) is 11.6 Å². The monoisotopic (exact) mass is 242 g/mol. The smallest absolute Gasteiger partial charge is 0.387 e. The van der Waals surface area contributed by atoms with Gasteiger partial charge in [0.15, 0.2) is 0 Å². The summed E-state index contributed by atoms with van der Waals surface area (Å²) in [6, 6.07) is 2.70. The van der Waals surface area contributed by atoms with Crippen LogP contribution in [0.5, 0.6) is 0 Å². The Morgan fingerprint density at radius 1 is 1.33 bits per heavy atom. The molecule has 1 aromatic rings. The fraction of sp³-hybridized carbons (Fsp3) is 0.333. The largest absolute Gasteiger partial charge is 0.419 e. The fourth-order valence-corrected chi connectivity index (χ4v) is 1.28. The molecular weight excluding hydrogens is 236 g/mol. The highest BCUT2D eigenvalue weighted by Crippen LogP contribution is 2.33. The lowest BCUT2D eigenvalue weighted by atomic mass is 10.1. The second-order valence-corrected chi connectivity index (χ2v) is 3.19. The topological polar surface area (TPSA) is 20.2 Å². The van der Waals surface area contributed by atoms with Crippen molar-refractivity contribution >= 4 is 11.6 Å². The predicted octanol–water partition coefficient (Wildman–Crippen LogP) is 3.12. The molecule has 0 aliphatic rings. The minimum atomic E-state index is -4.77. The highest BCUT2D eigenvalue weighted by Gasteiger charge is 2.35. The molecule has 6 heteroatoms. The lowest BCUT2D eigenvalue weighted by Gasteiger charge is -2.13. The van der Waals surface area contributed by atoms with Gasteiger partial charge in [0.05, 0.1) is 17.5 Å². The molecule has 0 aliphatic heterocycles. The first kappa shape index (κ1) is 12.3. The molecule has 0 heterocycles. The van der Waals surface area contributed by atoms with E-state index in [1.165, 1.54) is 0 Å². The molecule has 0 fully saturated rings. The third-order valence-electron chi connectivity index (χ3n) is 1.84. The lowest BCUT2D eigenvalue weighted by Crippen LogP contribution is -2.12. The molecule has 0 amide bonds. The van der Waals surface area contributed by atoms with Crippen LogP contribution in [0, 0.1) is 5.82 Å². The Labute approximate surface area is 88.3 Å². The summed E-state index contributed by atoms with van der Waals surface area (Å²) in [7, 11) is 0. The minimum Gasteiger partial charge on any atom is -0.387 e. The second kappa shape index (κ2) is 4.37. The van der Waals surface area contributed by atoms with Crippen LogP contribution < -0.4 is 0 Å². The zero-order valence-electron chi connectivity index (χ0n) is 7.35. The Morgan fingerprint density at radius 2 is 1.93 bits per heavy atom. The number of rotatable bonds is 2. The van der Waals surface area contributed by atoms with Crippen molar-refractivity contribution in [3.05, 3.63) is 35.1 Å². The second-order valence-electron chi connectivity index (χ2n) is 2.88. The highest BCUT2D eigenvalue weighted by molar-refractivity contribution is 6.18. The van der Waals surface area contributed by atoms with Crippen molar-refractivity contribution in [3.8, 4) is 0 Å². The van der Waals surface area contributed by atoms with Crippen LogP contribution in [-0.2, 0) is 6.18 Å². The molecule has 0 saturated heterocycles. The molecule has 0 aliphatic carbocycles. The van der Waals surface area contributed by atoms with Gasteiger partial charge in [-0.25, -0.2) is 4.39 Å². The molecule has 0 aromatic heterocycles. The quantitative estimate of drug-likeness (QED) is 0.624. The highest BCUT2D eigenvalue weighted by atomic mass is 35.5. The number of aliphatic hydroxyl groups is 1. The SMILES string of the molecule is O[C@@H](CCl)c1cccc(C(F)(F)F)c1F. The summed E-state index contributed by atoms with van der Waals surface area (Å²) in [6.45, 7) is 0. The van der Waals surface area contributed by atoms with Crippen LogP contribution in [0.25, 0.3) is 0 Å². The van der Waals surface area contributed by atoms with Crippen molar-refractivity contribution in [2.45, 2.75) is 12.3 Å². The summed E-state index contributed by atoms with van der Waals surface area (Å²) in [5.41, 5.74) is -1.84. The van der Waals surface area contributed by atoms with Crippen molar-refractivity contribution in [2.75, 3.05) is 5.88 Å². The Hall–Kier alpha value is -0.810. The first-order valence-electron chi connectivity index (χ1n) is 3.97. The molecule has 0 radical (unpaired) electrons. The summed E-state index contributed by atoms with van der Waals surface area (Å²) < 4.78 is 50.0. The number of aliphatic hydroxyl groups excluding tert-OH is 1. The van der Waals surface area contributed by atoms with Gasteiger partial charge in [-0.05, 0) is 6.07 Å². The molecule has 0 bridgehead atoms. The van der Waals surface area contributed by atoms with Crippen molar-refractivity contribution in [1.82, 2.24) is 0 Å². The molecule has 1 aromatic carbocycles. The van der Waals surface area contributed by atoms with Gasteiger partial charge in [0.1, 0.15) is 5.82 Å². The third kappa shape index (κ3) is 2.60. The molecule has 0 spiro atoms. The van der Waals surface area contributed by atoms with Gasteiger partial charge in [0, 0.05) is 5.56 Å². The third-order valence-corrected chi connectivity index (χ3v) is 2.13. The van der Waals surface area contributed by atoms with Crippen LogP contribution in [0.15, 0.2) is 18.2 Å². The summed E-state index contributed by atoms with van der Waals surface area (Å²) in [5, 5.41) is 9.16. The Morgan fingerprint density at radius 3 is 2.40 bits per heavy atom. The van der Waals surface area contributed by atoms with Gasteiger partial charge >= 0.3 is 6.18 Å². The molecule has 84 valence electrons. The zero-order valence-corrected chi connectivity index (χ0v) is 8.11. The van der Waals surface area contributed by atoms with E-state index >= 15 is 0 Å². The van der Waals surface area contributed by atoms with Gasteiger partial charge in [0.25, 0.3) is 0 Å². The normalized spacial score (nSPS) is 14.0. The van der Waals surface area contributed by atoms with E-state index in [0.717, 1.165) is 12.1 Å². The summed E-state index contributed by atoms with van der Waals surface area (Å²) in [6.07, 6.45) is -6.21. The van der Waals surface area contributed by atoms with Crippen molar-refractivity contribution < 1.29 is 22.7 Å². The fourth-order valence-electron chi connectivity index (χ4n) is 1.11. The minimum absolute atomic E-state index is 0.363. The van der Waals surface area contributed by atoms with Crippen LogP contribution in [-0.4, -0.2) is 11.0 Å². The summed E-state index contributed by atoms with van der Waals surface area (Å²) >= 11 is 5.23. The maximum atomic E-state index is 13.3. The van der Waals surface area contributed by atoms with Gasteiger partial charge in [-0.3, -0.25) is 0 Å². The molecule has 1 atom stereocenters. The lowest BCUT2D eigenvalue weighted by molar-refractivity contribution is -0.140. The predicted molar refractivity (Wildman–Crippen MR) is 47.1 cm³/mol. The van der Waals surface area contributed by atoms with E-state index < -0.39 is 29.2 Å². The van der Waals surface area contributed by atoms with Gasteiger partial charge in [-0.2, -0.15) is 13.2 Å². The van der Waals surface area contributed by atoms with E-state index in [1.54, 1.807) is 0 Å². The Kier molecular flexibility index (Phi) is 3.57. The van der Waals surface area contributed by atoms with E-state index in [-0.39, 0.29) is 5.88 Å². The van der Waals surface area contributed by atoms with Crippen LogP contribution >= 0.6 is 11.6 Å². The van der Waals surface area contributed by atoms with E-state index in [2.05, 4.69) is 0 Å². The average Bonchev–Trinajstić information content (AvgIpc) is 2.15. The van der Waals surface area contributed by atoms with Crippen LogP contribution in [0.1, 0.15) is 17.2 Å². The van der Waals surface area contributed by atoms with Crippen LogP contribution in [0.4, 0.5) is 17.6 Å². The van der Waals surface area contributed by atoms with E-state index in [4.69, 9.17) is 16.7 Å². The molecule has 0 saturated carbocycles. The van der Waals surface area contributed by atoms with E-state index in [0.29, 0.717) is 6.07 Å². The van der Waals surface area contributed by atoms with Crippen molar-refractivity contribution in [2.24, 2.45) is 0 Å². The number of benzene rings is 1. The first-order valence-corrected chi connectivity index (χ1v) is 4.51. The van der Waals surface area contributed by atoms with Gasteiger partial charge < -0.3 is 5.11 Å². The Bertz CT molecular complexity index is 350.